The Balaban J connectivity index is 1.70. The van der Waals surface area contributed by atoms with Crippen molar-refractivity contribution < 1.29 is 14.6 Å². The Morgan fingerprint density at radius 3 is 2.78 bits per heavy atom. The molecule has 0 radical (unpaired) electrons. The first-order chi connectivity index (χ1) is 11.1. The molecule has 1 aromatic rings. The fourth-order valence-electron chi connectivity index (χ4n) is 2.78. The van der Waals surface area contributed by atoms with E-state index in [9.17, 15) is 9.90 Å². The highest BCUT2D eigenvalue weighted by Crippen LogP contribution is 2.19. The molecule has 0 spiro atoms. The third kappa shape index (κ3) is 5.84. The SMILES string of the molecule is CCCOc1ccc(CNC(=O)CN2CCC(C(C)O)C2)cc1. The quantitative estimate of drug-likeness (QED) is 0.767. The zero-order chi connectivity index (χ0) is 16.7. The molecule has 23 heavy (non-hydrogen) atoms. The van der Waals surface area contributed by atoms with Crippen LogP contribution in [-0.2, 0) is 11.3 Å². The zero-order valence-corrected chi connectivity index (χ0v) is 14.1. The molecule has 0 aromatic heterocycles. The van der Waals surface area contributed by atoms with Gasteiger partial charge in [0.05, 0.1) is 19.3 Å². The maximum absolute atomic E-state index is 12.0. The van der Waals surface area contributed by atoms with E-state index in [1.165, 1.54) is 0 Å². The molecule has 2 atom stereocenters. The molecule has 1 heterocycles. The first-order valence-corrected chi connectivity index (χ1v) is 8.47. The van der Waals surface area contributed by atoms with Crippen molar-refractivity contribution in [2.45, 2.75) is 39.3 Å². The van der Waals surface area contributed by atoms with Gasteiger partial charge in [-0.25, -0.2) is 0 Å². The summed E-state index contributed by atoms with van der Waals surface area (Å²) in [6.45, 7) is 7.23. The summed E-state index contributed by atoms with van der Waals surface area (Å²) < 4.78 is 5.54. The highest BCUT2D eigenvalue weighted by molar-refractivity contribution is 5.78. The van der Waals surface area contributed by atoms with Crippen LogP contribution >= 0.6 is 0 Å². The molecule has 2 unspecified atom stereocenters. The van der Waals surface area contributed by atoms with Crippen LogP contribution in [0.1, 0.15) is 32.3 Å². The summed E-state index contributed by atoms with van der Waals surface area (Å²) in [6.07, 6.45) is 1.66. The molecule has 0 saturated carbocycles. The molecule has 1 fully saturated rings. The smallest absolute Gasteiger partial charge is 0.234 e. The molecule has 1 aromatic carbocycles. The number of benzene rings is 1. The van der Waals surface area contributed by atoms with Gasteiger partial charge in [-0.1, -0.05) is 19.1 Å². The Hall–Kier alpha value is -1.59. The van der Waals surface area contributed by atoms with E-state index in [4.69, 9.17) is 4.74 Å². The lowest BCUT2D eigenvalue weighted by Crippen LogP contribution is -2.36. The van der Waals surface area contributed by atoms with Gasteiger partial charge in [-0.2, -0.15) is 0 Å². The molecule has 0 aliphatic carbocycles. The number of amides is 1. The van der Waals surface area contributed by atoms with Crippen molar-refractivity contribution in [2.75, 3.05) is 26.2 Å². The van der Waals surface area contributed by atoms with Crippen LogP contribution in [0.2, 0.25) is 0 Å². The number of hydrogen-bond acceptors (Lipinski definition) is 4. The van der Waals surface area contributed by atoms with Gasteiger partial charge in [0.15, 0.2) is 0 Å². The molecule has 1 saturated heterocycles. The molecule has 5 nitrogen and oxygen atoms in total. The highest BCUT2D eigenvalue weighted by atomic mass is 16.5. The van der Waals surface area contributed by atoms with E-state index in [-0.39, 0.29) is 12.0 Å². The normalized spacial score (nSPS) is 19.5. The Morgan fingerprint density at radius 1 is 1.43 bits per heavy atom. The lowest BCUT2D eigenvalue weighted by molar-refractivity contribution is -0.122. The molecule has 1 amide bonds. The van der Waals surface area contributed by atoms with Crippen LogP contribution in [-0.4, -0.2) is 48.3 Å². The molecular formula is C18H28N2O3. The minimum absolute atomic E-state index is 0.0301. The largest absolute Gasteiger partial charge is 0.494 e. The van der Waals surface area contributed by atoms with Gasteiger partial charge in [0, 0.05) is 13.1 Å². The van der Waals surface area contributed by atoms with E-state index in [2.05, 4.69) is 17.1 Å². The molecule has 1 aliphatic heterocycles. The fourth-order valence-corrected chi connectivity index (χ4v) is 2.78. The number of hydrogen-bond donors (Lipinski definition) is 2. The number of aliphatic hydroxyl groups is 1. The highest BCUT2D eigenvalue weighted by Gasteiger charge is 2.26. The lowest BCUT2D eigenvalue weighted by Gasteiger charge is -2.17. The van der Waals surface area contributed by atoms with E-state index in [0.717, 1.165) is 43.9 Å². The molecule has 2 rings (SSSR count). The van der Waals surface area contributed by atoms with Gasteiger partial charge in [0.25, 0.3) is 0 Å². The zero-order valence-electron chi connectivity index (χ0n) is 14.1. The monoisotopic (exact) mass is 320 g/mol. The summed E-state index contributed by atoms with van der Waals surface area (Å²) >= 11 is 0. The predicted molar refractivity (Wildman–Crippen MR) is 90.3 cm³/mol. The number of carbonyl (C=O) groups excluding carboxylic acids is 1. The number of carbonyl (C=O) groups is 1. The first-order valence-electron chi connectivity index (χ1n) is 8.47. The van der Waals surface area contributed by atoms with Gasteiger partial charge in [-0.3, -0.25) is 9.69 Å². The Kier molecular flexibility index (Phi) is 6.86. The van der Waals surface area contributed by atoms with Crippen LogP contribution in [0.3, 0.4) is 0 Å². The molecule has 0 bridgehead atoms. The second-order valence-electron chi connectivity index (χ2n) is 6.29. The third-order valence-electron chi connectivity index (χ3n) is 4.24. The van der Waals surface area contributed by atoms with Crippen LogP contribution in [0, 0.1) is 5.92 Å². The standard InChI is InChI=1S/C18H28N2O3/c1-3-10-23-17-6-4-15(5-7-17)11-19-18(22)13-20-9-8-16(12-20)14(2)21/h4-7,14,16,21H,3,8-13H2,1-2H3,(H,19,22). The Labute approximate surface area is 138 Å². The number of likely N-dealkylation sites (tertiary alicyclic amines) is 1. The third-order valence-corrected chi connectivity index (χ3v) is 4.24. The van der Waals surface area contributed by atoms with E-state index in [1.807, 2.05) is 31.2 Å². The van der Waals surface area contributed by atoms with Crippen LogP contribution in [0.15, 0.2) is 24.3 Å². The van der Waals surface area contributed by atoms with Crippen molar-refractivity contribution >= 4 is 5.91 Å². The number of aliphatic hydroxyl groups excluding tert-OH is 1. The summed E-state index contributed by atoms with van der Waals surface area (Å²) in [7, 11) is 0. The van der Waals surface area contributed by atoms with E-state index >= 15 is 0 Å². The van der Waals surface area contributed by atoms with Crippen molar-refractivity contribution in [2.24, 2.45) is 5.92 Å². The van der Waals surface area contributed by atoms with Crippen LogP contribution in [0.25, 0.3) is 0 Å². The first kappa shape index (κ1) is 17.8. The maximum Gasteiger partial charge on any atom is 0.234 e. The van der Waals surface area contributed by atoms with Crippen molar-refractivity contribution in [1.82, 2.24) is 10.2 Å². The maximum atomic E-state index is 12.0. The van der Waals surface area contributed by atoms with Crippen molar-refractivity contribution in [3.8, 4) is 5.75 Å². The molecule has 2 N–H and O–H groups in total. The average molecular weight is 320 g/mol. The van der Waals surface area contributed by atoms with Gasteiger partial charge >= 0.3 is 0 Å². The number of nitrogens with one attached hydrogen (secondary N) is 1. The number of rotatable bonds is 8. The molecule has 128 valence electrons. The van der Waals surface area contributed by atoms with Crippen molar-refractivity contribution in [1.29, 1.82) is 0 Å². The minimum Gasteiger partial charge on any atom is -0.494 e. The van der Waals surface area contributed by atoms with Gasteiger partial charge in [-0.05, 0) is 49.9 Å². The topological polar surface area (TPSA) is 61.8 Å². The predicted octanol–water partition coefficient (Wildman–Crippen LogP) is 1.79. The summed E-state index contributed by atoms with van der Waals surface area (Å²) in [6, 6.07) is 7.82. The van der Waals surface area contributed by atoms with Crippen LogP contribution in [0.4, 0.5) is 0 Å². The average Bonchev–Trinajstić information content (AvgIpc) is 3.00. The number of nitrogens with zero attached hydrogens (tertiary/aromatic N) is 1. The van der Waals surface area contributed by atoms with Gasteiger partial charge in [-0.15, -0.1) is 0 Å². The Bertz CT molecular complexity index is 488. The molecule has 5 heteroatoms. The molecule has 1 aliphatic rings. The van der Waals surface area contributed by atoms with Gasteiger partial charge in [0.2, 0.25) is 5.91 Å². The summed E-state index contributed by atoms with van der Waals surface area (Å²) in [4.78, 5) is 14.1. The van der Waals surface area contributed by atoms with Gasteiger partial charge in [0.1, 0.15) is 5.75 Å². The van der Waals surface area contributed by atoms with E-state index in [1.54, 1.807) is 0 Å². The van der Waals surface area contributed by atoms with Gasteiger partial charge < -0.3 is 15.2 Å². The summed E-state index contributed by atoms with van der Waals surface area (Å²) in [5.41, 5.74) is 1.06. The van der Waals surface area contributed by atoms with Crippen LogP contribution < -0.4 is 10.1 Å². The van der Waals surface area contributed by atoms with Crippen LogP contribution in [0.5, 0.6) is 5.75 Å². The van der Waals surface area contributed by atoms with E-state index < -0.39 is 0 Å². The second kappa shape index (κ2) is 8.89. The second-order valence-corrected chi connectivity index (χ2v) is 6.29. The van der Waals surface area contributed by atoms with Crippen molar-refractivity contribution in [3.05, 3.63) is 29.8 Å². The Morgan fingerprint density at radius 2 is 2.17 bits per heavy atom. The number of ether oxygens (including phenoxy) is 1. The summed E-state index contributed by atoms with van der Waals surface area (Å²) in [5.74, 6) is 1.18. The molecular weight excluding hydrogens is 292 g/mol. The minimum atomic E-state index is -0.295. The fraction of sp³-hybridized carbons (Fsp3) is 0.611. The van der Waals surface area contributed by atoms with Crippen molar-refractivity contribution in [3.63, 3.8) is 0 Å². The lowest BCUT2D eigenvalue weighted by atomic mass is 10.0. The van der Waals surface area contributed by atoms with E-state index in [0.29, 0.717) is 19.0 Å². The summed E-state index contributed by atoms with van der Waals surface area (Å²) in [5, 5.41) is 12.5.